The highest BCUT2D eigenvalue weighted by molar-refractivity contribution is 5.46. The molecule has 0 aliphatic carbocycles. The smallest absolute Gasteiger partial charge is 0.0600 e. The van der Waals surface area contributed by atoms with Gasteiger partial charge in [-0.3, -0.25) is 4.90 Å². The van der Waals surface area contributed by atoms with Crippen molar-refractivity contribution in [2.75, 3.05) is 37.6 Å². The second kappa shape index (κ2) is 4.86. The van der Waals surface area contributed by atoms with Gasteiger partial charge in [0.15, 0.2) is 0 Å². The highest BCUT2D eigenvalue weighted by atomic mass is 15.3. The first-order valence-electron chi connectivity index (χ1n) is 5.36. The van der Waals surface area contributed by atoms with Gasteiger partial charge in [0.2, 0.25) is 0 Å². The molecular formula is C13H16N2. The van der Waals surface area contributed by atoms with Crippen LogP contribution in [0.25, 0.3) is 0 Å². The molecule has 0 atom stereocenters. The average Bonchev–Trinajstić information content (AvgIpc) is 2.32. The van der Waals surface area contributed by atoms with Crippen molar-refractivity contribution in [1.82, 2.24) is 4.90 Å². The van der Waals surface area contributed by atoms with Crippen molar-refractivity contribution in [2.24, 2.45) is 0 Å². The Kier molecular flexibility index (Phi) is 3.26. The second-order valence-electron chi connectivity index (χ2n) is 3.80. The first-order valence-corrected chi connectivity index (χ1v) is 5.36. The number of nitrogens with zero attached hydrogens (tertiary/aromatic N) is 2. The van der Waals surface area contributed by atoms with E-state index in [0.717, 1.165) is 32.7 Å². The molecule has 0 N–H and O–H groups in total. The van der Waals surface area contributed by atoms with Gasteiger partial charge in [-0.05, 0) is 12.1 Å². The average molecular weight is 200 g/mol. The maximum absolute atomic E-state index is 5.30. The number of hydrogen-bond donors (Lipinski definition) is 0. The van der Waals surface area contributed by atoms with E-state index in [9.17, 15) is 0 Å². The molecule has 1 aliphatic heterocycles. The maximum Gasteiger partial charge on any atom is 0.0600 e. The lowest BCUT2D eigenvalue weighted by atomic mass is 10.2. The number of para-hydroxylation sites is 1. The third-order valence-corrected chi connectivity index (χ3v) is 2.81. The maximum atomic E-state index is 5.30. The third kappa shape index (κ3) is 2.51. The molecule has 0 unspecified atom stereocenters. The van der Waals surface area contributed by atoms with Crippen LogP contribution in [0.5, 0.6) is 0 Å². The van der Waals surface area contributed by atoms with Gasteiger partial charge in [-0.15, -0.1) is 6.42 Å². The van der Waals surface area contributed by atoms with E-state index >= 15 is 0 Å². The first kappa shape index (κ1) is 10.1. The molecule has 2 nitrogen and oxygen atoms in total. The molecule has 0 radical (unpaired) electrons. The molecule has 0 aromatic heterocycles. The van der Waals surface area contributed by atoms with Crippen molar-refractivity contribution in [3.63, 3.8) is 0 Å². The van der Waals surface area contributed by atoms with Gasteiger partial charge >= 0.3 is 0 Å². The van der Waals surface area contributed by atoms with Crippen molar-refractivity contribution in [3.8, 4) is 12.3 Å². The monoisotopic (exact) mass is 200 g/mol. The van der Waals surface area contributed by atoms with E-state index in [0.29, 0.717) is 0 Å². The Morgan fingerprint density at radius 3 is 2.33 bits per heavy atom. The Hall–Kier alpha value is -1.46. The normalized spacial score (nSPS) is 17.4. The molecule has 1 heterocycles. The van der Waals surface area contributed by atoms with E-state index in [1.807, 2.05) is 0 Å². The van der Waals surface area contributed by atoms with Gasteiger partial charge in [-0.1, -0.05) is 24.1 Å². The first-order chi connectivity index (χ1) is 7.40. The van der Waals surface area contributed by atoms with E-state index in [1.165, 1.54) is 5.69 Å². The SMILES string of the molecule is C#CCN1CCN(c2ccccc2)CC1. The summed E-state index contributed by atoms with van der Waals surface area (Å²) in [6.45, 7) is 5.07. The lowest BCUT2D eigenvalue weighted by Gasteiger charge is -2.35. The molecule has 78 valence electrons. The van der Waals surface area contributed by atoms with Gasteiger partial charge < -0.3 is 4.90 Å². The summed E-state index contributed by atoms with van der Waals surface area (Å²) in [5.41, 5.74) is 1.32. The van der Waals surface area contributed by atoms with Crippen molar-refractivity contribution in [3.05, 3.63) is 30.3 Å². The number of benzene rings is 1. The van der Waals surface area contributed by atoms with Crippen LogP contribution in [0, 0.1) is 12.3 Å². The molecule has 2 rings (SSSR count). The van der Waals surface area contributed by atoms with Crippen LogP contribution >= 0.6 is 0 Å². The molecule has 1 saturated heterocycles. The van der Waals surface area contributed by atoms with Crippen LogP contribution in [0.4, 0.5) is 5.69 Å². The van der Waals surface area contributed by atoms with Crippen molar-refractivity contribution in [1.29, 1.82) is 0 Å². The van der Waals surface area contributed by atoms with Gasteiger partial charge in [0.25, 0.3) is 0 Å². The largest absolute Gasteiger partial charge is 0.369 e. The van der Waals surface area contributed by atoms with Crippen LogP contribution in [0.2, 0.25) is 0 Å². The molecule has 1 aromatic carbocycles. The zero-order valence-corrected chi connectivity index (χ0v) is 8.89. The topological polar surface area (TPSA) is 6.48 Å². The summed E-state index contributed by atoms with van der Waals surface area (Å²) >= 11 is 0. The van der Waals surface area contributed by atoms with Gasteiger partial charge in [0, 0.05) is 31.9 Å². The molecule has 15 heavy (non-hydrogen) atoms. The summed E-state index contributed by atoms with van der Waals surface area (Å²) in [5, 5.41) is 0. The van der Waals surface area contributed by atoms with Gasteiger partial charge in [0.05, 0.1) is 6.54 Å². The summed E-state index contributed by atoms with van der Waals surface area (Å²) in [4.78, 5) is 4.73. The molecule has 0 saturated carbocycles. The van der Waals surface area contributed by atoms with Crippen molar-refractivity contribution in [2.45, 2.75) is 0 Å². The molecular weight excluding hydrogens is 184 g/mol. The highest BCUT2D eigenvalue weighted by Crippen LogP contribution is 2.14. The molecule has 2 heteroatoms. The predicted molar refractivity (Wildman–Crippen MR) is 63.9 cm³/mol. The van der Waals surface area contributed by atoms with Crippen LogP contribution in [-0.2, 0) is 0 Å². The second-order valence-corrected chi connectivity index (χ2v) is 3.80. The highest BCUT2D eigenvalue weighted by Gasteiger charge is 2.15. The summed E-state index contributed by atoms with van der Waals surface area (Å²) in [5.74, 6) is 2.70. The van der Waals surface area contributed by atoms with E-state index < -0.39 is 0 Å². The summed E-state index contributed by atoms with van der Waals surface area (Å²) < 4.78 is 0. The zero-order chi connectivity index (χ0) is 10.5. The molecule has 0 bridgehead atoms. The number of rotatable bonds is 2. The Balaban J connectivity index is 1.92. The van der Waals surface area contributed by atoms with E-state index in [4.69, 9.17) is 6.42 Å². The lowest BCUT2D eigenvalue weighted by Crippen LogP contribution is -2.46. The Labute approximate surface area is 91.5 Å². The fraction of sp³-hybridized carbons (Fsp3) is 0.385. The Morgan fingerprint density at radius 1 is 1.07 bits per heavy atom. The standard InChI is InChI=1S/C13H16N2/c1-2-8-14-9-11-15(12-10-14)13-6-4-3-5-7-13/h1,3-7H,8-12H2. The number of terminal acetylenes is 1. The Morgan fingerprint density at radius 2 is 1.73 bits per heavy atom. The lowest BCUT2D eigenvalue weighted by molar-refractivity contribution is 0.288. The van der Waals surface area contributed by atoms with Crippen LogP contribution in [-0.4, -0.2) is 37.6 Å². The predicted octanol–water partition coefficient (Wildman–Crippen LogP) is 1.44. The van der Waals surface area contributed by atoms with Crippen molar-refractivity contribution >= 4 is 5.69 Å². The summed E-state index contributed by atoms with van der Waals surface area (Å²) in [7, 11) is 0. The van der Waals surface area contributed by atoms with Gasteiger partial charge in [-0.25, -0.2) is 0 Å². The fourth-order valence-corrected chi connectivity index (χ4v) is 1.93. The minimum atomic E-state index is 0.780. The molecule has 1 fully saturated rings. The number of anilines is 1. The minimum Gasteiger partial charge on any atom is -0.369 e. The van der Waals surface area contributed by atoms with Crippen LogP contribution in [0.3, 0.4) is 0 Å². The number of hydrogen-bond acceptors (Lipinski definition) is 2. The molecule has 0 amide bonds. The van der Waals surface area contributed by atoms with E-state index in [1.54, 1.807) is 0 Å². The number of piperazine rings is 1. The molecule has 1 aromatic rings. The molecule has 0 spiro atoms. The summed E-state index contributed by atoms with van der Waals surface area (Å²) in [6.07, 6.45) is 5.30. The summed E-state index contributed by atoms with van der Waals surface area (Å²) in [6, 6.07) is 10.6. The van der Waals surface area contributed by atoms with Crippen LogP contribution in [0.15, 0.2) is 30.3 Å². The van der Waals surface area contributed by atoms with Gasteiger partial charge in [-0.2, -0.15) is 0 Å². The van der Waals surface area contributed by atoms with Gasteiger partial charge in [0.1, 0.15) is 0 Å². The quantitative estimate of drug-likeness (QED) is 0.667. The minimum absolute atomic E-state index is 0.780. The fourth-order valence-electron chi connectivity index (χ4n) is 1.93. The Bertz CT molecular complexity index is 331. The third-order valence-electron chi connectivity index (χ3n) is 2.81. The van der Waals surface area contributed by atoms with E-state index in [2.05, 4.69) is 46.1 Å². The van der Waals surface area contributed by atoms with Crippen LogP contribution < -0.4 is 4.90 Å². The zero-order valence-electron chi connectivity index (χ0n) is 8.89. The molecule has 1 aliphatic rings. The van der Waals surface area contributed by atoms with Crippen LogP contribution in [0.1, 0.15) is 0 Å². The van der Waals surface area contributed by atoms with E-state index in [-0.39, 0.29) is 0 Å². The van der Waals surface area contributed by atoms with Crippen molar-refractivity contribution < 1.29 is 0 Å².